The van der Waals surface area contributed by atoms with Gasteiger partial charge in [-0.2, -0.15) is 0 Å². The number of methoxy groups -OCH3 is 1. The number of nitrogens with zero attached hydrogens (tertiary/aromatic N) is 3. The minimum Gasteiger partial charge on any atom is -0.497 e. The standard InChI is InChI=1S/C30H35FN4O5S/c1-5-6-9-27-32-30(14-7-8-15-30)29(36)35(27)18-22-11-10-21(16-25(22)31)24-13-12-23(39-4)17-26(24)41(37,38)34-28-19(2)20(3)40-33-28/h10-13,16-17H,5-9,14-15,18H2,1-4H3,(H,33,34). The number of amides is 1. The van der Waals surface area contributed by atoms with Crippen LogP contribution >= 0.6 is 0 Å². The number of hydrogen-bond acceptors (Lipinski definition) is 7. The summed E-state index contributed by atoms with van der Waals surface area (Å²) in [5, 5.41) is 3.80. The first-order valence-electron chi connectivity index (χ1n) is 13.9. The Morgan fingerprint density at radius 2 is 1.90 bits per heavy atom. The van der Waals surface area contributed by atoms with Gasteiger partial charge in [0.05, 0.1) is 18.6 Å². The number of anilines is 1. The predicted molar refractivity (Wildman–Crippen MR) is 154 cm³/mol. The van der Waals surface area contributed by atoms with Gasteiger partial charge >= 0.3 is 0 Å². The van der Waals surface area contributed by atoms with Gasteiger partial charge in [-0.1, -0.05) is 43.5 Å². The number of ether oxygens (including phenoxy) is 1. The van der Waals surface area contributed by atoms with Crippen LogP contribution < -0.4 is 9.46 Å². The van der Waals surface area contributed by atoms with Gasteiger partial charge in [-0.15, -0.1) is 0 Å². The molecule has 1 amide bonds. The molecule has 5 rings (SSSR count). The average Bonchev–Trinajstić information content (AvgIpc) is 3.63. The number of sulfonamides is 1. The van der Waals surface area contributed by atoms with E-state index in [2.05, 4.69) is 16.8 Å². The maximum atomic E-state index is 15.7. The second kappa shape index (κ2) is 11.3. The van der Waals surface area contributed by atoms with E-state index in [1.807, 2.05) is 0 Å². The lowest BCUT2D eigenvalue weighted by Crippen LogP contribution is -2.40. The van der Waals surface area contributed by atoms with Crippen molar-refractivity contribution in [2.45, 2.75) is 82.7 Å². The van der Waals surface area contributed by atoms with Crippen molar-refractivity contribution in [3.05, 3.63) is 59.1 Å². The van der Waals surface area contributed by atoms with Crippen molar-refractivity contribution in [3.63, 3.8) is 0 Å². The second-order valence-electron chi connectivity index (χ2n) is 10.7. The predicted octanol–water partition coefficient (Wildman–Crippen LogP) is 6.15. The zero-order chi connectivity index (χ0) is 29.4. The SMILES string of the molecule is CCCCC1=NC2(CCCC2)C(=O)N1Cc1ccc(-c2ccc(OC)cc2S(=O)(=O)Nc2noc(C)c2C)cc1F. The van der Waals surface area contributed by atoms with Gasteiger partial charge in [-0.3, -0.25) is 19.4 Å². The number of carbonyl (C=O) groups is 1. The lowest BCUT2D eigenvalue weighted by atomic mass is 9.98. The fraction of sp³-hybridized carbons (Fsp3) is 0.433. The number of unbranched alkanes of at least 4 members (excludes halogenated alkanes) is 1. The highest BCUT2D eigenvalue weighted by atomic mass is 32.2. The molecule has 0 atom stereocenters. The number of aromatic nitrogens is 1. The number of aryl methyl sites for hydroxylation is 1. The van der Waals surface area contributed by atoms with Gasteiger partial charge in [0.2, 0.25) is 0 Å². The Morgan fingerprint density at radius 3 is 2.54 bits per heavy atom. The molecule has 2 aromatic carbocycles. The Hall–Kier alpha value is -3.73. The summed E-state index contributed by atoms with van der Waals surface area (Å²) in [6.07, 6.45) is 5.93. The van der Waals surface area contributed by atoms with Gasteiger partial charge in [0.25, 0.3) is 15.9 Å². The van der Waals surface area contributed by atoms with E-state index in [1.165, 1.54) is 19.2 Å². The van der Waals surface area contributed by atoms with Gasteiger partial charge in [0, 0.05) is 29.2 Å². The topological polar surface area (TPSA) is 114 Å². The van der Waals surface area contributed by atoms with Crippen LogP contribution in [-0.4, -0.2) is 42.9 Å². The van der Waals surface area contributed by atoms with Crippen LogP contribution in [0.25, 0.3) is 11.1 Å². The maximum absolute atomic E-state index is 15.7. The molecule has 1 aliphatic heterocycles. The summed E-state index contributed by atoms with van der Waals surface area (Å²) in [4.78, 5) is 19.9. The van der Waals surface area contributed by atoms with E-state index < -0.39 is 21.4 Å². The number of carbonyl (C=O) groups excluding carboxylic acids is 1. The molecule has 0 saturated heterocycles. The minimum absolute atomic E-state index is 0.0439. The third-order valence-electron chi connectivity index (χ3n) is 8.04. The van der Waals surface area contributed by atoms with Crippen LogP contribution in [0.3, 0.4) is 0 Å². The number of benzene rings is 2. The second-order valence-corrected chi connectivity index (χ2v) is 12.4. The molecule has 1 N–H and O–H groups in total. The van der Waals surface area contributed by atoms with Gasteiger partial charge < -0.3 is 9.26 Å². The Morgan fingerprint density at radius 1 is 1.15 bits per heavy atom. The quantitative estimate of drug-likeness (QED) is 0.307. The normalized spacial score (nSPS) is 16.5. The minimum atomic E-state index is -4.16. The number of aliphatic imine (C=N–C) groups is 1. The van der Waals surface area contributed by atoms with Gasteiger partial charge in [0.1, 0.15) is 28.7 Å². The monoisotopic (exact) mass is 582 g/mol. The van der Waals surface area contributed by atoms with E-state index in [-0.39, 0.29) is 28.7 Å². The smallest absolute Gasteiger partial charge is 0.263 e. The van der Waals surface area contributed by atoms with Crippen molar-refractivity contribution in [3.8, 4) is 16.9 Å². The van der Waals surface area contributed by atoms with Crippen LogP contribution in [-0.2, 0) is 21.4 Å². The van der Waals surface area contributed by atoms with Crippen molar-refractivity contribution in [2.75, 3.05) is 11.8 Å². The summed E-state index contributed by atoms with van der Waals surface area (Å²) in [7, 11) is -2.72. The highest BCUT2D eigenvalue weighted by Crippen LogP contribution is 2.40. The Balaban J connectivity index is 1.46. The number of rotatable bonds is 10. The summed E-state index contributed by atoms with van der Waals surface area (Å²) in [5.74, 6) is 1.05. The van der Waals surface area contributed by atoms with Crippen LogP contribution in [0.15, 0.2) is 50.8 Å². The molecular formula is C30H35FN4O5S. The summed E-state index contributed by atoms with van der Waals surface area (Å²) in [6, 6.07) is 9.15. The van der Waals surface area contributed by atoms with Crippen LogP contribution in [0.1, 0.15) is 68.8 Å². The number of halogens is 1. The Bertz CT molecular complexity index is 1610. The van der Waals surface area contributed by atoms with Crippen molar-refractivity contribution in [1.82, 2.24) is 10.1 Å². The number of hydrogen-bond donors (Lipinski definition) is 1. The molecule has 0 bridgehead atoms. The van der Waals surface area contributed by atoms with Crippen LogP contribution in [0, 0.1) is 19.7 Å². The first-order chi connectivity index (χ1) is 19.6. The van der Waals surface area contributed by atoms with E-state index in [0.717, 1.165) is 44.4 Å². The highest BCUT2D eigenvalue weighted by Gasteiger charge is 2.49. The summed E-state index contributed by atoms with van der Waals surface area (Å²) < 4.78 is 55.5. The lowest BCUT2D eigenvalue weighted by Gasteiger charge is -2.23. The number of amidine groups is 1. The van der Waals surface area contributed by atoms with Gasteiger partial charge in [0.15, 0.2) is 5.82 Å². The molecule has 1 aromatic heterocycles. The summed E-state index contributed by atoms with van der Waals surface area (Å²) in [5.41, 5.74) is 0.855. The number of nitrogens with one attached hydrogen (secondary N) is 1. The van der Waals surface area contributed by atoms with Crippen molar-refractivity contribution < 1.29 is 26.9 Å². The first-order valence-corrected chi connectivity index (χ1v) is 15.4. The molecule has 2 heterocycles. The third-order valence-corrected chi connectivity index (χ3v) is 9.42. The van der Waals surface area contributed by atoms with Gasteiger partial charge in [-0.05, 0) is 56.9 Å². The van der Waals surface area contributed by atoms with Crippen molar-refractivity contribution in [2.24, 2.45) is 4.99 Å². The van der Waals surface area contributed by atoms with Crippen LogP contribution in [0.4, 0.5) is 10.2 Å². The molecule has 1 saturated carbocycles. The van der Waals surface area contributed by atoms with E-state index in [1.54, 1.807) is 43.0 Å². The first kappa shape index (κ1) is 28.8. The Kier molecular flexibility index (Phi) is 7.91. The molecule has 1 fully saturated rings. The Labute approximate surface area is 239 Å². The van der Waals surface area contributed by atoms with E-state index >= 15 is 4.39 Å². The van der Waals surface area contributed by atoms with Crippen LogP contribution in [0.2, 0.25) is 0 Å². The molecular weight excluding hydrogens is 547 g/mol. The largest absolute Gasteiger partial charge is 0.497 e. The molecule has 218 valence electrons. The molecule has 9 nitrogen and oxygen atoms in total. The average molecular weight is 583 g/mol. The van der Waals surface area contributed by atoms with E-state index in [4.69, 9.17) is 14.3 Å². The van der Waals surface area contributed by atoms with E-state index in [9.17, 15) is 13.2 Å². The fourth-order valence-corrected chi connectivity index (χ4v) is 6.80. The molecule has 11 heteroatoms. The lowest BCUT2D eigenvalue weighted by molar-refractivity contribution is -0.131. The molecule has 2 aliphatic rings. The summed E-state index contributed by atoms with van der Waals surface area (Å²) >= 11 is 0. The molecule has 3 aromatic rings. The fourth-order valence-electron chi connectivity index (χ4n) is 5.50. The molecule has 41 heavy (non-hydrogen) atoms. The molecule has 1 aliphatic carbocycles. The molecule has 0 radical (unpaired) electrons. The highest BCUT2D eigenvalue weighted by molar-refractivity contribution is 7.92. The third kappa shape index (κ3) is 5.47. The van der Waals surface area contributed by atoms with E-state index in [0.29, 0.717) is 34.6 Å². The summed E-state index contributed by atoms with van der Waals surface area (Å²) in [6.45, 7) is 5.55. The van der Waals surface area contributed by atoms with Crippen LogP contribution in [0.5, 0.6) is 5.75 Å². The molecule has 0 unspecified atom stereocenters. The zero-order valence-corrected chi connectivity index (χ0v) is 24.6. The van der Waals surface area contributed by atoms with Crippen molar-refractivity contribution in [1.29, 1.82) is 0 Å². The maximum Gasteiger partial charge on any atom is 0.263 e. The molecule has 1 spiro atoms. The van der Waals surface area contributed by atoms with Gasteiger partial charge in [-0.25, -0.2) is 12.8 Å². The van der Waals surface area contributed by atoms with Crippen molar-refractivity contribution >= 4 is 27.6 Å². The zero-order valence-electron chi connectivity index (χ0n) is 23.8.